The number of hydrogen-bond acceptors (Lipinski definition) is 3. The van der Waals surface area contributed by atoms with E-state index in [0.717, 1.165) is 13.0 Å². The van der Waals surface area contributed by atoms with Crippen LogP contribution in [0.5, 0.6) is 0 Å². The number of aliphatic hydroxyl groups is 1. The fourth-order valence-electron chi connectivity index (χ4n) is 1.51. The highest BCUT2D eigenvalue weighted by atomic mass is 16.3. The van der Waals surface area contributed by atoms with Crippen molar-refractivity contribution in [3.63, 3.8) is 0 Å². The number of nitrogens with one attached hydrogen (secondary N) is 1. The van der Waals surface area contributed by atoms with Crippen LogP contribution in [0.4, 0.5) is 0 Å². The van der Waals surface area contributed by atoms with Gasteiger partial charge in [-0.05, 0) is 39.2 Å². The topological polar surface area (TPSA) is 58.3 Å². The fraction of sp³-hybridized carbons (Fsp3) is 1.00. The van der Waals surface area contributed by atoms with Crippen LogP contribution in [0.2, 0.25) is 0 Å². The van der Waals surface area contributed by atoms with Crippen LogP contribution in [-0.2, 0) is 0 Å². The Balaban J connectivity index is 3.75. The van der Waals surface area contributed by atoms with Crippen LogP contribution in [0.25, 0.3) is 0 Å². The molecule has 0 aliphatic rings. The van der Waals surface area contributed by atoms with E-state index in [0.29, 0.717) is 12.5 Å². The number of nitrogens with two attached hydrogens (primary N) is 1. The Bertz CT molecular complexity index is 137. The first-order valence-corrected chi connectivity index (χ1v) is 5.60. The molecular formula is C11H26N2O. The summed E-state index contributed by atoms with van der Waals surface area (Å²) in [5, 5.41) is 12.1. The Kier molecular flexibility index (Phi) is 7.15. The minimum atomic E-state index is 0.108. The normalized spacial score (nSPS) is 14.4. The molecule has 4 N–H and O–H groups in total. The number of unbranched alkanes of at least 4 members (excludes halogenated alkanes) is 1. The van der Waals surface area contributed by atoms with E-state index in [9.17, 15) is 0 Å². The molecule has 0 aromatic rings. The molecule has 0 fully saturated rings. The first-order valence-electron chi connectivity index (χ1n) is 5.60. The van der Waals surface area contributed by atoms with E-state index in [1.54, 1.807) is 0 Å². The van der Waals surface area contributed by atoms with Crippen LogP contribution >= 0.6 is 0 Å². The number of aliphatic hydroxyl groups excluding tert-OH is 1. The maximum absolute atomic E-state index is 8.75. The van der Waals surface area contributed by atoms with Crippen molar-refractivity contribution in [2.24, 2.45) is 11.7 Å². The molecule has 0 saturated heterocycles. The average molecular weight is 202 g/mol. The Morgan fingerprint density at radius 1 is 1.36 bits per heavy atom. The van der Waals surface area contributed by atoms with E-state index in [1.165, 1.54) is 12.8 Å². The zero-order chi connectivity index (χ0) is 11.0. The van der Waals surface area contributed by atoms with E-state index in [4.69, 9.17) is 10.8 Å². The van der Waals surface area contributed by atoms with Crippen molar-refractivity contribution in [3.05, 3.63) is 0 Å². The van der Waals surface area contributed by atoms with Crippen LogP contribution in [0.15, 0.2) is 0 Å². The van der Waals surface area contributed by atoms with Crippen molar-refractivity contribution in [2.45, 2.75) is 45.6 Å². The SMILES string of the molecule is CC(CCCCN)C(C)(C)NCCO. The largest absolute Gasteiger partial charge is 0.395 e. The molecule has 0 saturated carbocycles. The standard InChI is InChI=1S/C11H26N2O/c1-10(6-4-5-7-12)11(2,3)13-8-9-14/h10,13-14H,4-9,12H2,1-3H3. The van der Waals surface area contributed by atoms with Crippen LogP contribution in [0.3, 0.4) is 0 Å². The van der Waals surface area contributed by atoms with Crippen LogP contribution < -0.4 is 11.1 Å². The van der Waals surface area contributed by atoms with E-state index in [-0.39, 0.29) is 12.1 Å². The lowest BCUT2D eigenvalue weighted by atomic mass is 9.85. The molecule has 0 spiro atoms. The molecule has 0 aliphatic carbocycles. The predicted octanol–water partition coefficient (Wildman–Crippen LogP) is 1.11. The summed E-state index contributed by atoms with van der Waals surface area (Å²) in [6.07, 6.45) is 3.50. The second kappa shape index (κ2) is 7.21. The summed E-state index contributed by atoms with van der Waals surface area (Å²) in [7, 11) is 0. The fourth-order valence-corrected chi connectivity index (χ4v) is 1.51. The lowest BCUT2D eigenvalue weighted by molar-refractivity contribution is 0.218. The van der Waals surface area contributed by atoms with Gasteiger partial charge >= 0.3 is 0 Å². The Labute approximate surface area is 88.1 Å². The smallest absolute Gasteiger partial charge is 0.0556 e. The Morgan fingerprint density at radius 3 is 2.50 bits per heavy atom. The summed E-state index contributed by atoms with van der Waals surface area (Å²) < 4.78 is 0. The van der Waals surface area contributed by atoms with Gasteiger partial charge in [-0.15, -0.1) is 0 Å². The third kappa shape index (κ3) is 5.58. The second-order valence-corrected chi connectivity index (χ2v) is 4.56. The number of hydrogen-bond donors (Lipinski definition) is 3. The molecule has 1 unspecified atom stereocenters. The van der Waals surface area contributed by atoms with Gasteiger partial charge in [0.15, 0.2) is 0 Å². The van der Waals surface area contributed by atoms with Gasteiger partial charge in [0.05, 0.1) is 6.61 Å². The van der Waals surface area contributed by atoms with Crippen LogP contribution in [0, 0.1) is 5.92 Å². The highest BCUT2D eigenvalue weighted by Crippen LogP contribution is 2.21. The molecule has 86 valence electrons. The van der Waals surface area contributed by atoms with E-state index in [1.807, 2.05) is 0 Å². The van der Waals surface area contributed by atoms with E-state index in [2.05, 4.69) is 26.1 Å². The first-order chi connectivity index (χ1) is 6.54. The van der Waals surface area contributed by atoms with Crippen LogP contribution in [-0.4, -0.2) is 30.3 Å². The molecule has 1 atom stereocenters. The monoisotopic (exact) mass is 202 g/mol. The van der Waals surface area contributed by atoms with E-state index < -0.39 is 0 Å². The zero-order valence-corrected chi connectivity index (χ0v) is 9.84. The quantitative estimate of drug-likeness (QED) is 0.517. The molecule has 3 heteroatoms. The molecule has 14 heavy (non-hydrogen) atoms. The highest BCUT2D eigenvalue weighted by Gasteiger charge is 2.23. The van der Waals surface area contributed by atoms with Crippen molar-refractivity contribution in [2.75, 3.05) is 19.7 Å². The summed E-state index contributed by atoms with van der Waals surface area (Å²) in [5.74, 6) is 0.612. The third-order valence-electron chi connectivity index (χ3n) is 3.02. The van der Waals surface area contributed by atoms with Gasteiger partial charge in [0.1, 0.15) is 0 Å². The summed E-state index contributed by atoms with van der Waals surface area (Å²) in [6.45, 7) is 8.30. The highest BCUT2D eigenvalue weighted by molar-refractivity contribution is 4.83. The average Bonchev–Trinajstić information content (AvgIpc) is 2.15. The third-order valence-corrected chi connectivity index (χ3v) is 3.02. The van der Waals surface area contributed by atoms with Gasteiger partial charge in [0, 0.05) is 12.1 Å². The van der Waals surface area contributed by atoms with Crippen molar-refractivity contribution >= 4 is 0 Å². The van der Waals surface area contributed by atoms with E-state index >= 15 is 0 Å². The lowest BCUT2D eigenvalue weighted by Crippen LogP contribution is -2.46. The van der Waals surface area contributed by atoms with Gasteiger partial charge in [0.2, 0.25) is 0 Å². The zero-order valence-electron chi connectivity index (χ0n) is 9.84. The second-order valence-electron chi connectivity index (χ2n) is 4.56. The van der Waals surface area contributed by atoms with Gasteiger partial charge in [-0.3, -0.25) is 0 Å². The summed E-state index contributed by atoms with van der Waals surface area (Å²) in [4.78, 5) is 0. The Morgan fingerprint density at radius 2 is 2.00 bits per heavy atom. The number of rotatable bonds is 8. The van der Waals surface area contributed by atoms with Gasteiger partial charge < -0.3 is 16.2 Å². The molecule has 3 nitrogen and oxygen atoms in total. The molecule has 0 heterocycles. The van der Waals surface area contributed by atoms with Crippen molar-refractivity contribution in [1.82, 2.24) is 5.32 Å². The van der Waals surface area contributed by atoms with Crippen LogP contribution in [0.1, 0.15) is 40.0 Å². The van der Waals surface area contributed by atoms with Crippen molar-refractivity contribution < 1.29 is 5.11 Å². The summed E-state index contributed by atoms with van der Waals surface area (Å²) >= 11 is 0. The molecule has 0 radical (unpaired) electrons. The summed E-state index contributed by atoms with van der Waals surface area (Å²) in [6, 6.07) is 0. The van der Waals surface area contributed by atoms with Crippen molar-refractivity contribution in [3.8, 4) is 0 Å². The Hall–Kier alpha value is -0.120. The molecule has 0 aromatic carbocycles. The predicted molar refractivity (Wildman–Crippen MR) is 61.2 cm³/mol. The number of β-amino-alcohol motifs (C(OH)–C–C–N with tert-alkyl or cyclic N) is 1. The van der Waals surface area contributed by atoms with Gasteiger partial charge in [-0.1, -0.05) is 13.3 Å². The van der Waals surface area contributed by atoms with Gasteiger partial charge in [0.25, 0.3) is 0 Å². The molecule has 0 aliphatic heterocycles. The molecule has 0 aromatic heterocycles. The maximum Gasteiger partial charge on any atom is 0.0556 e. The molecular weight excluding hydrogens is 176 g/mol. The summed E-state index contributed by atoms with van der Waals surface area (Å²) in [5.41, 5.74) is 5.56. The maximum atomic E-state index is 8.75. The molecule has 0 bridgehead atoms. The van der Waals surface area contributed by atoms with Gasteiger partial charge in [-0.25, -0.2) is 0 Å². The minimum absolute atomic E-state index is 0.108. The lowest BCUT2D eigenvalue weighted by Gasteiger charge is -2.33. The first kappa shape index (κ1) is 13.9. The minimum Gasteiger partial charge on any atom is -0.395 e. The van der Waals surface area contributed by atoms with Gasteiger partial charge in [-0.2, -0.15) is 0 Å². The van der Waals surface area contributed by atoms with Crippen molar-refractivity contribution in [1.29, 1.82) is 0 Å². The molecule has 0 rings (SSSR count). The molecule has 0 amide bonds.